The van der Waals surface area contributed by atoms with E-state index in [1.165, 1.54) is 12.8 Å². The van der Waals surface area contributed by atoms with E-state index in [-0.39, 0.29) is 11.9 Å². The van der Waals surface area contributed by atoms with Crippen LogP contribution >= 0.6 is 0 Å². The summed E-state index contributed by atoms with van der Waals surface area (Å²) < 4.78 is 27.0. The lowest BCUT2D eigenvalue weighted by Crippen LogP contribution is -2.43. The Morgan fingerprint density at radius 2 is 1.71 bits per heavy atom. The largest absolute Gasteiger partial charge is 0.353 e. The molecular formula is C22H34N2O3S. The van der Waals surface area contributed by atoms with Gasteiger partial charge in [-0.05, 0) is 55.2 Å². The number of carbonyl (C=O) groups excluding carboxylic acids is 1. The van der Waals surface area contributed by atoms with Crippen molar-refractivity contribution in [2.75, 3.05) is 13.1 Å². The van der Waals surface area contributed by atoms with Crippen LogP contribution < -0.4 is 5.32 Å². The van der Waals surface area contributed by atoms with Crippen molar-refractivity contribution in [2.24, 2.45) is 11.8 Å². The van der Waals surface area contributed by atoms with Gasteiger partial charge in [-0.15, -0.1) is 0 Å². The average molecular weight is 407 g/mol. The summed E-state index contributed by atoms with van der Waals surface area (Å²) in [6.07, 6.45) is 7.55. The number of benzene rings is 1. The van der Waals surface area contributed by atoms with Crippen molar-refractivity contribution in [2.45, 2.75) is 76.2 Å². The number of nitrogens with zero attached hydrogens (tertiary/aromatic N) is 1. The molecule has 28 heavy (non-hydrogen) atoms. The molecule has 1 saturated heterocycles. The molecule has 1 saturated carbocycles. The van der Waals surface area contributed by atoms with Crippen molar-refractivity contribution < 1.29 is 13.2 Å². The van der Waals surface area contributed by atoms with Gasteiger partial charge in [0.1, 0.15) is 0 Å². The summed E-state index contributed by atoms with van der Waals surface area (Å²) in [6.45, 7) is 5.73. The standard InChI is InChI=1S/C22H34N2O3S/c1-17-7-6-8-21(18(17)2)23-22(25)14-11-19-9-12-20(13-10-19)28(26,27)24-15-4-3-5-16-24/h9-10,12-13,17-18,21H,3-8,11,14-16H2,1-2H3,(H,23,25)/t17-,18-,21+/m1/s1. The van der Waals surface area contributed by atoms with E-state index in [0.717, 1.165) is 31.2 Å². The Morgan fingerprint density at radius 3 is 2.39 bits per heavy atom. The highest BCUT2D eigenvalue weighted by Gasteiger charge is 2.28. The van der Waals surface area contributed by atoms with Crippen LogP contribution in [0.15, 0.2) is 29.2 Å². The van der Waals surface area contributed by atoms with Crippen molar-refractivity contribution in [3.05, 3.63) is 29.8 Å². The van der Waals surface area contributed by atoms with Crippen LogP contribution in [0.25, 0.3) is 0 Å². The molecule has 156 valence electrons. The van der Waals surface area contributed by atoms with Crippen molar-refractivity contribution in [3.8, 4) is 0 Å². The SMILES string of the molecule is C[C@@H]1[C@H](C)CCC[C@@H]1NC(=O)CCc1ccc(S(=O)(=O)N2CCCCC2)cc1. The molecule has 0 radical (unpaired) electrons. The quantitative estimate of drug-likeness (QED) is 0.783. The van der Waals surface area contributed by atoms with E-state index in [0.29, 0.717) is 42.7 Å². The number of piperidine rings is 1. The fourth-order valence-electron chi connectivity index (χ4n) is 4.40. The fraction of sp³-hybridized carbons (Fsp3) is 0.682. The second-order valence-electron chi connectivity index (χ2n) is 8.55. The smallest absolute Gasteiger partial charge is 0.243 e. The number of sulfonamides is 1. The van der Waals surface area contributed by atoms with E-state index in [2.05, 4.69) is 19.2 Å². The van der Waals surface area contributed by atoms with Gasteiger partial charge in [-0.1, -0.05) is 45.2 Å². The first-order valence-corrected chi connectivity index (χ1v) is 12.2. The predicted molar refractivity (Wildman–Crippen MR) is 111 cm³/mol. The van der Waals surface area contributed by atoms with Crippen LogP contribution in [0.4, 0.5) is 0 Å². The average Bonchev–Trinajstić information content (AvgIpc) is 2.71. The van der Waals surface area contributed by atoms with E-state index in [4.69, 9.17) is 0 Å². The molecule has 2 fully saturated rings. The van der Waals surface area contributed by atoms with Crippen molar-refractivity contribution >= 4 is 15.9 Å². The Bertz CT molecular complexity index is 754. The van der Waals surface area contributed by atoms with E-state index in [9.17, 15) is 13.2 Å². The number of carbonyl (C=O) groups is 1. The maximum absolute atomic E-state index is 12.7. The highest BCUT2D eigenvalue weighted by Crippen LogP contribution is 2.29. The molecule has 3 rings (SSSR count). The van der Waals surface area contributed by atoms with E-state index >= 15 is 0 Å². The summed E-state index contributed by atoms with van der Waals surface area (Å²) in [7, 11) is -3.39. The first-order valence-electron chi connectivity index (χ1n) is 10.8. The Morgan fingerprint density at radius 1 is 1.04 bits per heavy atom. The summed E-state index contributed by atoms with van der Waals surface area (Å²) in [6, 6.07) is 7.34. The lowest BCUT2D eigenvalue weighted by atomic mass is 9.78. The molecule has 0 spiro atoms. The molecule has 1 heterocycles. The summed E-state index contributed by atoms with van der Waals surface area (Å²) >= 11 is 0. The third kappa shape index (κ3) is 5.15. The molecule has 1 aliphatic heterocycles. The first-order chi connectivity index (χ1) is 13.4. The molecule has 1 amide bonds. The first kappa shape index (κ1) is 21.3. The minimum absolute atomic E-state index is 0.0935. The van der Waals surface area contributed by atoms with Crippen LogP contribution in [-0.4, -0.2) is 37.8 Å². The molecule has 1 aromatic rings. The molecule has 0 bridgehead atoms. The van der Waals surface area contributed by atoms with Gasteiger partial charge in [0.2, 0.25) is 15.9 Å². The van der Waals surface area contributed by atoms with Gasteiger partial charge in [0.15, 0.2) is 0 Å². The summed E-state index contributed by atoms with van der Waals surface area (Å²) in [4.78, 5) is 12.7. The van der Waals surface area contributed by atoms with E-state index in [1.807, 2.05) is 12.1 Å². The zero-order valence-corrected chi connectivity index (χ0v) is 18.0. The molecule has 2 aliphatic rings. The maximum atomic E-state index is 12.7. The van der Waals surface area contributed by atoms with Gasteiger partial charge < -0.3 is 5.32 Å². The number of hydrogen-bond donors (Lipinski definition) is 1. The zero-order chi connectivity index (χ0) is 20.1. The van der Waals surface area contributed by atoms with Crippen LogP contribution in [-0.2, 0) is 21.2 Å². The van der Waals surface area contributed by atoms with Gasteiger partial charge in [0.05, 0.1) is 4.90 Å². The maximum Gasteiger partial charge on any atom is 0.243 e. The Labute approximate surface area is 169 Å². The lowest BCUT2D eigenvalue weighted by molar-refractivity contribution is -0.122. The Balaban J connectivity index is 1.52. The van der Waals surface area contributed by atoms with Gasteiger partial charge in [0, 0.05) is 25.6 Å². The number of amides is 1. The van der Waals surface area contributed by atoms with Crippen LogP contribution in [0.2, 0.25) is 0 Å². The molecule has 5 nitrogen and oxygen atoms in total. The van der Waals surface area contributed by atoms with E-state index in [1.54, 1.807) is 16.4 Å². The molecule has 0 aromatic heterocycles. The zero-order valence-electron chi connectivity index (χ0n) is 17.2. The second kappa shape index (κ2) is 9.40. The second-order valence-corrected chi connectivity index (χ2v) is 10.5. The fourth-order valence-corrected chi connectivity index (χ4v) is 5.92. The Hall–Kier alpha value is -1.40. The monoisotopic (exact) mass is 406 g/mol. The minimum atomic E-state index is -3.39. The molecule has 0 unspecified atom stereocenters. The lowest BCUT2D eigenvalue weighted by Gasteiger charge is -2.34. The third-order valence-corrected chi connectivity index (χ3v) is 8.48. The number of aryl methyl sites for hydroxylation is 1. The van der Waals surface area contributed by atoms with E-state index < -0.39 is 10.0 Å². The highest BCUT2D eigenvalue weighted by atomic mass is 32.2. The van der Waals surface area contributed by atoms with Gasteiger partial charge in [-0.2, -0.15) is 4.31 Å². The minimum Gasteiger partial charge on any atom is -0.353 e. The predicted octanol–water partition coefficient (Wildman–Crippen LogP) is 3.73. The summed E-state index contributed by atoms with van der Waals surface area (Å²) in [5, 5.41) is 3.21. The van der Waals surface area contributed by atoms with Crippen molar-refractivity contribution in [3.63, 3.8) is 0 Å². The normalized spacial score (nSPS) is 26.7. The number of rotatable bonds is 6. The molecule has 3 atom stereocenters. The topological polar surface area (TPSA) is 66.5 Å². The molecule has 6 heteroatoms. The third-order valence-electron chi connectivity index (χ3n) is 6.57. The number of hydrogen-bond acceptors (Lipinski definition) is 3. The summed E-state index contributed by atoms with van der Waals surface area (Å²) in [5.74, 6) is 1.28. The van der Waals surface area contributed by atoms with Crippen molar-refractivity contribution in [1.29, 1.82) is 0 Å². The van der Waals surface area contributed by atoms with Crippen LogP contribution in [0.1, 0.15) is 64.4 Å². The van der Waals surface area contributed by atoms with Crippen molar-refractivity contribution in [1.82, 2.24) is 9.62 Å². The van der Waals surface area contributed by atoms with Gasteiger partial charge in [-0.3, -0.25) is 4.79 Å². The van der Waals surface area contributed by atoms with Crippen LogP contribution in [0, 0.1) is 11.8 Å². The van der Waals surface area contributed by atoms with Gasteiger partial charge in [0.25, 0.3) is 0 Å². The number of nitrogens with one attached hydrogen (secondary N) is 1. The molecule has 1 aliphatic carbocycles. The van der Waals surface area contributed by atoms with Crippen LogP contribution in [0.5, 0.6) is 0 Å². The van der Waals surface area contributed by atoms with Crippen LogP contribution in [0.3, 0.4) is 0 Å². The van der Waals surface area contributed by atoms with Gasteiger partial charge >= 0.3 is 0 Å². The molecule has 1 aromatic carbocycles. The Kier molecular flexibility index (Phi) is 7.15. The highest BCUT2D eigenvalue weighted by molar-refractivity contribution is 7.89. The van der Waals surface area contributed by atoms with Gasteiger partial charge in [-0.25, -0.2) is 8.42 Å². The molecular weight excluding hydrogens is 372 g/mol. The summed E-state index contributed by atoms with van der Waals surface area (Å²) in [5.41, 5.74) is 0.998. The molecule has 1 N–H and O–H groups in total.